The Morgan fingerprint density at radius 1 is 1.30 bits per heavy atom. The fraction of sp³-hybridized carbons (Fsp3) is 0.333. The third-order valence-electron chi connectivity index (χ3n) is 3.54. The van der Waals surface area contributed by atoms with Crippen LogP contribution < -0.4 is 5.32 Å². The highest BCUT2D eigenvalue weighted by Gasteiger charge is 2.38. The van der Waals surface area contributed by atoms with Crippen molar-refractivity contribution in [1.29, 1.82) is 0 Å². The van der Waals surface area contributed by atoms with Crippen molar-refractivity contribution < 1.29 is 18.0 Å². The monoisotopic (exact) mass is 343 g/mol. The van der Waals surface area contributed by atoms with E-state index in [4.69, 9.17) is 11.6 Å². The highest BCUT2D eigenvalue weighted by atomic mass is 35.5. The van der Waals surface area contributed by atoms with Crippen molar-refractivity contribution in [2.45, 2.75) is 24.9 Å². The number of nitrogens with zero attached hydrogens (tertiary/aromatic N) is 2. The molecule has 1 aliphatic rings. The Morgan fingerprint density at radius 2 is 1.96 bits per heavy atom. The topological polar surface area (TPSA) is 46.9 Å². The predicted octanol–water partition coefficient (Wildman–Crippen LogP) is 3.95. The van der Waals surface area contributed by atoms with Crippen molar-refractivity contribution >= 4 is 23.2 Å². The summed E-state index contributed by atoms with van der Waals surface area (Å²) in [5.74, 6) is -0.396. The van der Waals surface area contributed by atoms with Crippen molar-refractivity contribution in [1.82, 2.24) is 9.78 Å². The van der Waals surface area contributed by atoms with Gasteiger partial charge < -0.3 is 5.32 Å². The number of hydrogen-bond donors (Lipinski definition) is 1. The molecule has 4 nitrogen and oxygen atoms in total. The van der Waals surface area contributed by atoms with E-state index in [1.807, 2.05) is 0 Å². The van der Waals surface area contributed by atoms with E-state index < -0.39 is 11.9 Å². The SMILES string of the molecule is O=C(CCl)Nc1ccc(-n2nc(C(F)(F)F)cc2C2CC2)cc1. The zero-order chi connectivity index (χ0) is 16.6. The lowest BCUT2D eigenvalue weighted by atomic mass is 10.2. The van der Waals surface area contributed by atoms with Crippen LogP contribution in [0.2, 0.25) is 0 Å². The lowest BCUT2D eigenvalue weighted by molar-refractivity contribution is -0.141. The number of amides is 1. The number of benzene rings is 1. The second-order valence-electron chi connectivity index (χ2n) is 5.37. The number of anilines is 1. The average molecular weight is 344 g/mol. The van der Waals surface area contributed by atoms with E-state index in [1.165, 1.54) is 4.68 Å². The van der Waals surface area contributed by atoms with Crippen LogP contribution in [0.3, 0.4) is 0 Å². The summed E-state index contributed by atoms with van der Waals surface area (Å²) in [6, 6.07) is 7.55. The first-order chi connectivity index (χ1) is 10.9. The fourth-order valence-corrected chi connectivity index (χ4v) is 2.36. The van der Waals surface area contributed by atoms with E-state index in [0.717, 1.165) is 18.9 Å². The molecule has 0 unspecified atom stereocenters. The van der Waals surface area contributed by atoms with Gasteiger partial charge in [-0.15, -0.1) is 11.6 Å². The van der Waals surface area contributed by atoms with Gasteiger partial charge in [-0.1, -0.05) is 0 Å². The van der Waals surface area contributed by atoms with Gasteiger partial charge in [0, 0.05) is 17.3 Å². The van der Waals surface area contributed by atoms with Crippen LogP contribution in [-0.4, -0.2) is 21.6 Å². The molecule has 1 fully saturated rings. The van der Waals surface area contributed by atoms with Crippen LogP contribution in [0.5, 0.6) is 0 Å². The van der Waals surface area contributed by atoms with E-state index in [0.29, 0.717) is 17.1 Å². The lowest BCUT2D eigenvalue weighted by Gasteiger charge is -2.08. The zero-order valence-electron chi connectivity index (χ0n) is 11.9. The van der Waals surface area contributed by atoms with Gasteiger partial charge in [0.25, 0.3) is 0 Å². The summed E-state index contributed by atoms with van der Waals surface area (Å²) >= 11 is 5.40. The molecular weight excluding hydrogens is 331 g/mol. The number of alkyl halides is 4. The molecular formula is C15H13ClF3N3O. The molecule has 23 heavy (non-hydrogen) atoms. The molecule has 1 amide bonds. The number of aromatic nitrogens is 2. The Kier molecular flexibility index (Phi) is 4.06. The third-order valence-corrected chi connectivity index (χ3v) is 3.78. The first-order valence-corrected chi connectivity index (χ1v) is 7.55. The summed E-state index contributed by atoms with van der Waals surface area (Å²) < 4.78 is 40.0. The molecule has 0 radical (unpaired) electrons. The summed E-state index contributed by atoms with van der Waals surface area (Å²) in [7, 11) is 0. The molecule has 1 N–H and O–H groups in total. The molecule has 0 atom stereocenters. The minimum absolute atomic E-state index is 0.120. The van der Waals surface area contributed by atoms with Crippen molar-refractivity contribution in [3.63, 3.8) is 0 Å². The number of nitrogens with one attached hydrogen (secondary N) is 1. The van der Waals surface area contributed by atoms with Crippen LogP contribution in [0, 0.1) is 0 Å². The molecule has 1 heterocycles. The highest BCUT2D eigenvalue weighted by molar-refractivity contribution is 6.29. The van der Waals surface area contributed by atoms with Gasteiger partial charge in [-0.2, -0.15) is 18.3 Å². The van der Waals surface area contributed by atoms with E-state index in [1.54, 1.807) is 24.3 Å². The van der Waals surface area contributed by atoms with Crippen molar-refractivity contribution in [2.24, 2.45) is 0 Å². The largest absolute Gasteiger partial charge is 0.435 e. The van der Waals surface area contributed by atoms with Crippen LogP contribution in [0.1, 0.15) is 30.1 Å². The third kappa shape index (κ3) is 3.50. The van der Waals surface area contributed by atoms with Gasteiger partial charge in [0.05, 0.1) is 5.69 Å². The second kappa shape index (κ2) is 5.88. The molecule has 8 heteroatoms. The standard InChI is InChI=1S/C15H13ClF3N3O/c16-8-14(23)20-10-3-5-11(6-4-10)22-12(9-1-2-9)7-13(21-22)15(17,18)19/h3-7,9H,1-2,8H2,(H,20,23). The summed E-state index contributed by atoms with van der Waals surface area (Å²) in [6.07, 6.45) is -2.73. The van der Waals surface area contributed by atoms with Gasteiger partial charge in [-0.25, -0.2) is 4.68 Å². The molecule has 1 aliphatic carbocycles. The molecule has 122 valence electrons. The second-order valence-corrected chi connectivity index (χ2v) is 5.63. The van der Waals surface area contributed by atoms with Crippen molar-refractivity contribution in [2.75, 3.05) is 11.2 Å². The van der Waals surface area contributed by atoms with Gasteiger partial charge in [0.15, 0.2) is 5.69 Å². The van der Waals surface area contributed by atoms with Gasteiger partial charge in [0.2, 0.25) is 5.91 Å². The normalized spacial score (nSPS) is 14.8. The van der Waals surface area contributed by atoms with Gasteiger partial charge in [0.1, 0.15) is 5.88 Å². The summed E-state index contributed by atoms with van der Waals surface area (Å²) in [6.45, 7) is 0. The molecule has 0 bridgehead atoms. The molecule has 0 spiro atoms. The molecule has 2 aromatic rings. The van der Waals surface area contributed by atoms with E-state index in [9.17, 15) is 18.0 Å². The maximum atomic E-state index is 12.9. The Morgan fingerprint density at radius 3 is 2.48 bits per heavy atom. The van der Waals surface area contributed by atoms with Gasteiger partial charge in [-0.05, 0) is 43.2 Å². The number of carbonyl (C=O) groups is 1. The fourth-order valence-electron chi connectivity index (χ4n) is 2.29. The van der Waals surface area contributed by atoms with Crippen LogP contribution in [0.25, 0.3) is 5.69 Å². The maximum absolute atomic E-state index is 12.9. The van der Waals surface area contributed by atoms with Crippen LogP contribution in [-0.2, 0) is 11.0 Å². The maximum Gasteiger partial charge on any atom is 0.435 e. The molecule has 1 aromatic heterocycles. The summed E-state index contributed by atoms with van der Waals surface area (Å²) in [4.78, 5) is 11.2. The Balaban J connectivity index is 1.91. The Bertz CT molecular complexity index is 721. The summed E-state index contributed by atoms with van der Waals surface area (Å²) in [5, 5.41) is 6.27. The number of rotatable bonds is 4. The minimum atomic E-state index is -4.47. The molecule has 0 saturated heterocycles. The first kappa shape index (κ1) is 15.9. The smallest absolute Gasteiger partial charge is 0.325 e. The Hall–Kier alpha value is -2.02. The zero-order valence-corrected chi connectivity index (χ0v) is 12.7. The summed E-state index contributed by atoms with van der Waals surface area (Å²) in [5.41, 5.74) is 0.718. The van der Waals surface area contributed by atoms with Crippen LogP contribution >= 0.6 is 11.6 Å². The molecule has 0 aliphatic heterocycles. The predicted molar refractivity (Wildman–Crippen MR) is 79.9 cm³/mol. The quantitative estimate of drug-likeness (QED) is 0.855. The average Bonchev–Trinajstić information content (AvgIpc) is 3.25. The van der Waals surface area contributed by atoms with Crippen molar-refractivity contribution in [3.05, 3.63) is 41.7 Å². The minimum Gasteiger partial charge on any atom is -0.325 e. The van der Waals surface area contributed by atoms with Crippen molar-refractivity contribution in [3.8, 4) is 5.69 Å². The number of carbonyl (C=O) groups excluding carboxylic acids is 1. The van der Waals surface area contributed by atoms with Gasteiger partial charge >= 0.3 is 6.18 Å². The molecule has 3 rings (SSSR count). The highest BCUT2D eigenvalue weighted by Crippen LogP contribution is 2.42. The molecule has 1 saturated carbocycles. The Labute approximate surface area is 135 Å². The number of halogens is 4. The first-order valence-electron chi connectivity index (χ1n) is 7.02. The van der Waals surface area contributed by atoms with E-state index in [2.05, 4.69) is 10.4 Å². The van der Waals surface area contributed by atoms with Crippen LogP contribution in [0.4, 0.5) is 18.9 Å². The number of hydrogen-bond acceptors (Lipinski definition) is 2. The van der Waals surface area contributed by atoms with Gasteiger partial charge in [-0.3, -0.25) is 4.79 Å². The lowest BCUT2D eigenvalue weighted by Crippen LogP contribution is -2.12. The van der Waals surface area contributed by atoms with E-state index in [-0.39, 0.29) is 17.7 Å². The molecule has 1 aromatic carbocycles. The van der Waals surface area contributed by atoms with Crippen LogP contribution in [0.15, 0.2) is 30.3 Å². The van der Waals surface area contributed by atoms with E-state index >= 15 is 0 Å².